The van der Waals surface area contributed by atoms with E-state index in [1.807, 2.05) is 27.8 Å². The van der Waals surface area contributed by atoms with Crippen molar-refractivity contribution >= 4 is 52.7 Å². The maximum absolute atomic E-state index is 15.8. The van der Waals surface area contributed by atoms with Crippen LogP contribution in [0.25, 0.3) is 11.1 Å². The summed E-state index contributed by atoms with van der Waals surface area (Å²) in [5.74, 6) is 0.465. The molecule has 0 radical (unpaired) electrons. The number of aromatic nitrogens is 1. The number of benzene rings is 1. The predicted molar refractivity (Wildman–Crippen MR) is 405 cm³/mol. The van der Waals surface area contributed by atoms with Crippen LogP contribution >= 0.6 is 0 Å². The van der Waals surface area contributed by atoms with Crippen molar-refractivity contribution in [2.24, 2.45) is 32.9 Å². The van der Waals surface area contributed by atoms with Crippen molar-refractivity contribution in [2.75, 3.05) is 89.4 Å². The molecule has 536 valence electrons. The number of hydrogen-bond donors (Lipinski definition) is 2. The number of amidine groups is 1. The number of carbonyl (C=O) groups is 3. The SMILES string of the molecule is C=C/C(=N\N=C/C)N(CCC)CC1(C)CCCN1C(C(=O)NC(C(=O)N(CCCC)NC)C(CCN(CCC)c1ccc(C)c(/C(CC(C)(C)CC)=C(\C)c2cc(N3CCN(C4CC4)CC3)cnc2C(C)OC)c1)CCC(CC)(CC)CC)C(C)C.CC.CC=O.CCC. The molecule has 3 aliphatic rings. The van der Waals surface area contributed by atoms with Gasteiger partial charge in [0.2, 0.25) is 5.91 Å². The minimum atomic E-state index is -0.742. The number of unbranched alkanes of at least 4 members (excludes halogenated alkanes) is 1. The maximum atomic E-state index is 15.8. The van der Waals surface area contributed by atoms with Crippen molar-refractivity contribution in [2.45, 2.75) is 284 Å². The Morgan fingerprint density at radius 3 is 2.02 bits per heavy atom. The zero-order chi connectivity index (χ0) is 70.8. The molecule has 5 atom stereocenters. The van der Waals surface area contributed by atoms with E-state index in [4.69, 9.17) is 14.5 Å². The maximum Gasteiger partial charge on any atom is 0.259 e. The fourth-order valence-electron chi connectivity index (χ4n) is 13.9. The molecule has 5 unspecified atom stereocenters. The van der Waals surface area contributed by atoms with Crippen molar-refractivity contribution in [3.05, 3.63) is 65.5 Å². The third kappa shape index (κ3) is 25.2. The molecule has 2 saturated heterocycles. The second kappa shape index (κ2) is 44.1. The lowest BCUT2D eigenvalue weighted by Gasteiger charge is -2.45. The average molecular weight is 1310 g/mol. The number of aryl methyl sites for hydroxylation is 1. The highest BCUT2D eigenvalue weighted by Gasteiger charge is 2.47. The summed E-state index contributed by atoms with van der Waals surface area (Å²) < 4.78 is 6.08. The zero-order valence-corrected chi connectivity index (χ0v) is 64.5. The number of aldehydes is 1. The first kappa shape index (κ1) is 85.1. The molecular weight excluding hydrogens is 1170 g/mol. The molecule has 0 bridgehead atoms. The van der Waals surface area contributed by atoms with Gasteiger partial charge in [-0.25, -0.2) is 5.43 Å². The first-order valence-electron chi connectivity index (χ1n) is 37.4. The lowest BCUT2D eigenvalue weighted by Crippen LogP contribution is -2.63. The summed E-state index contributed by atoms with van der Waals surface area (Å²) in [6.07, 6.45) is 23.4. The molecule has 94 heavy (non-hydrogen) atoms. The summed E-state index contributed by atoms with van der Waals surface area (Å²) in [5.41, 5.74) is 12.8. The normalized spacial score (nSPS) is 18.0. The van der Waals surface area contributed by atoms with Crippen LogP contribution in [0.5, 0.6) is 0 Å². The van der Waals surface area contributed by atoms with E-state index in [0.717, 1.165) is 172 Å². The van der Waals surface area contributed by atoms with E-state index in [1.165, 1.54) is 59.8 Å². The van der Waals surface area contributed by atoms with Crippen LogP contribution in [-0.2, 0) is 19.1 Å². The Kier molecular flexibility index (Phi) is 39.9. The number of pyridine rings is 1. The highest BCUT2D eigenvalue weighted by Crippen LogP contribution is 2.44. The van der Waals surface area contributed by atoms with Crippen LogP contribution in [0.1, 0.15) is 276 Å². The molecule has 3 fully saturated rings. The molecule has 1 saturated carbocycles. The fourth-order valence-corrected chi connectivity index (χ4v) is 13.9. The number of carbonyl (C=O) groups excluding carboxylic acids is 3. The van der Waals surface area contributed by atoms with Crippen molar-refractivity contribution < 1.29 is 19.1 Å². The monoisotopic (exact) mass is 1310 g/mol. The third-order valence-electron chi connectivity index (χ3n) is 20.5. The van der Waals surface area contributed by atoms with Crippen LogP contribution in [0.3, 0.4) is 0 Å². The fraction of sp³-hybridized carbons (Fsp3) is 0.747. The summed E-state index contributed by atoms with van der Waals surface area (Å²) in [6.45, 7) is 58.4. The van der Waals surface area contributed by atoms with Gasteiger partial charge in [0.25, 0.3) is 5.91 Å². The largest absolute Gasteiger partial charge is 0.375 e. The van der Waals surface area contributed by atoms with Gasteiger partial charge in [-0.15, -0.1) is 5.10 Å². The Morgan fingerprint density at radius 2 is 1.50 bits per heavy atom. The van der Waals surface area contributed by atoms with Crippen molar-refractivity contribution in [3.63, 3.8) is 0 Å². The van der Waals surface area contributed by atoms with Gasteiger partial charge in [-0.1, -0.05) is 155 Å². The molecule has 2 aromatic rings. The highest BCUT2D eigenvalue weighted by atomic mass is 16.5. The summed E-state index contributed by atoms with van der Waals surface area (Å²) >= 11 is 0. The molecule has 2 amide bonds. The smallest absolute Gasteiger partial charge is 0.259 e. The van der Waals surface area contributed by atoms with Crippen LogP contribution < -0.4 is 20.5 Å². The number of amides is 2. The number of nitrogens with one attached hydrogen (secondary N) is 2. The van der Waals surface area contributed by atoms with Gasteiger partial charge in [0.05, 0.1) is 29.7 Å². The average Bonchev–Trinajstić information content (AvgIpc) is 1.26. The van der Waals surface area contributed by atoms with Crippen molar-refractivity contribution in [3.8, 4) is 0 Å². The van der Waals surface area contributed by atoms with Gasteiger partial charge in [0.1, 0.15) is 12.3 Å². The number of methoxy groups -OCH3 is 1. The van der Waals surface area contributed by atoms with Gasteiger partial charge in [-0.05, 0) is 188 Å². The van der Waals surface area contributed by atoms with E-state index < -0.39 is 12.1 Å². The number of ether oxygens (including phenoxy) is 1. The van der Waals surface area contributed by atoms with E-state index in [0.29, 0.717) is 13.1 Å². The number of anilines is 2. The number of nitrogens with zero attached hydrogens (tertiary/aromatic N) is 9. The number of allylic oxidation sites excluding steroid dienone is 2. The summed E-state index contributed by atoms with van der Waals surface area (Å²) in [6, 6.07) is 9.10. The van der Waals surface area contributed by atoms with Gasteiger partial charge in [-0.2, -0.15) is 5.10 Å². The molecular formula is C79H141N11O4. The standard InChI is InChI=1S/C72H123N11O3.C3H8.C2H4O.C2H6/c1-20-29-42-83(73-18)69(85)66(76-68(84)67(53(10)11)82-41-30-37-71(82,17)52-81(40-22-3)64(23-4)77-75-28-9)57(35-38-72(25-6,26-7)27-8)36-43-78(39-21-2)59-32-31-54(12)61(48-59)63(50-70(15,16)24-5)55(13)62-49-60(51-74-65(62)56(14)86-19)80-46-44-79(45-47-80)58-33-34-58;1-3-2;1-2-3;1-2/h23,28,31-32,48-49,51,53,56-58,66-67,73H,4,20-22,24-27,29-30,33-47,50,52H2,1-3,5-19H3,(H,76,84);3H2,1-2H3;2H,1H3;1-2H3/b63-55+,75-28-,77-64+;;;. The molecule has 1 aliphatic carbocycles. The van der Waals surface area contributed by atoms with Gasteiger partial charge < -0.3 is 29.5 Å². The van der Waals surface area contributed by atoms with Crippen molar-refractivity contribution in [1.82, 2.24) is 35.4 Å². The van der Waals surface area contributed by atoms with Gasteiger partial charge >= 0.3 is 0 Å². The Bertz CT molecular complexity index is 2590. The molecule has 2 aliphatic heterocycles. The Balaban J connectivity index is 0.00000358. The summed E-state index contributed by atoms with van der Waals surface area (Å²) in [5, 5.41) is 14.2. The van der Waals surface area contributed by atoms with Gasteiger partial charge in [-0.3, -0.25) is 29.4 Å². The first-order valence-corrected chi connectivity index (χ1v) is 37.4. The second-order valence-corrected chi connectivity index (χ2v) is 28.1. The van der Waals surface area contributed by atoms with Crippen LogP contribution in [0.2, 0.25) is 0 Å². The van der Waals surface area contributed by atoms with Crippen molar-refractivity contribution in [1.29, 1.82) is 0 Å². The molecule has 3 heterocycles. The third-order valence-corrected chi connectivity index (χ3v) is 20.5. The minimum Gasteiger partial charge on any atom is -0.375 e. The molecule has 15 heteroatoms. The van der Waals surface area contributed by atoms with Crippen LogP contribution in [0.15, 0.2) is 53.3 Å². The van der Waals surface area contributed by atoms with Crippen LogP contribution in [0.4, 0.5) is 11.4 Å². The Labute approximate surface area is 576 Å². The molecule has 15 nitrogen and oxygen atoms in total. The summed E-state index contributed by atoms with van der Waals surface area (Å²) in [4.78, 5) is 58.0. The number of rotatable bonds is 37. The molecule has 1 aromatic heterocycles. The number of piperazine rings is 1. The Hall–Kier alpha value is -4.96. The van der Waals surface area contributed by atoms with Crippen LogP contribution in [-0.4, -0.2) is 158 Å². The minimum absolute atomic E-state index is 0.0175. The second-order valence-electron chi connectivity index (χ2n) is 28.1. The van der Waals surface area contributed by atoms with E-state index in [9.17, 15) is 0 Å². The van der Waals surface area contributed by atoms with E-state index >= 15 is 9.59 Å². The topological polar surface area (TPSA) is 142 Å². The number of hydrazine groups is 1. The van der Waals surface area contributed by atoms with Crippen LogP contribution in [0, 0.1) is 29.6 Å². The number of likely N-dealkylation sites (tertiary alicyclic amines) is 1. The predicted octanol–water partition coefficient (Wildman–Crippen LogP) is 17.4. The molecule has 0 spiro atoms. The van der Waals surface area contributed by atoms with E-state index in [2.05, 4.69) is 200 Å². The lowest BCUT2D eigenvalue weighted by molar-refractivity contribution is -0.143. The highest BCUT2D eigenvalue weighted by molar-refractivity contribution is 5.94. The van der Waals surface area contributed by atoms with Gasteiger partial charge in [0, 0.05) is 102 Å². The Morgan fingerprint density at radius 1 is 0.872 bits per heavy atom. The summed E-state index contributed by atoms with van der Waals surface area (Å²) in [7, 11) is 3.65. The first-order chi connectivity index (χ1) is 44.9. The molecule has 2 N–H and O–H groups in total. The van der Waals surface area contributed by atoms with E-state index in [-0.39, 0.29) is 46.1 Å². The quantitative estimate of drug-likeness (QED) is 0.0289. The van der Waals surface area contributed by atoms with E-state index in [1.54, 1.807) is 24.4 Å². The zero-order valence-electron chi connectivity index (χ0n) is 64.5. The molecule has 5 rings (SSSR count). The molecule has 1 aromatic carbocycles. The number of hydrogen-bond acceptors (Lipinski definition) is 12. The lowest BCUT2D eigenvalue weighted by atomic mass is 9.73. The van der Waals surface area contributed by atoms with Gasteiger partial charge in [0.15, 0.2) is 5.84 Å².